The molecule has 0 spiro atoms. The molecule has 1 atom stereocenters. The Hall–Kier alpha value is -1.77. The molecule has 0 heterocycles. The molecule has 2 aliphatic carbocycles. The van der Waals surface area contributed by atoms with Crippen molar-refractivity contribution in [2.24, 2.45) is 5.92 Å². The molecule has 94 valence electrons. The van der Waals surface area contributed by atoms with Gasteiger partial charge in [0, 0.05) is 24.0 Å². The summed E-state index contributed by atoms with van der Waals surface area (Å²) in [6.45, 7) is 3.60. The van der Waals surface area contributed by atoms with Gasteiger partial charge in [0.1, 0.15) is 11.7 Å². The first kappa shape index (κ1) is 12.7. The second kappa shape index (κ2) is 4.84. The third kappa shape index (κ3) is 2.13. The van der Waals surface area contributed by atoms with Crippen LogP contribution in [0.4, 0.5) is 8.78 Å². The van der Waals surface area contributed by atoms with Crippen LogP contribution in [0.25, 0.3) is 0 Å². The highest BCUT2D eigenvalue weighted by Crippen LogP contribution is 2.38. The zero-order valence-electron chi connectivity index (χ0n) is 10.4. The summed E-state index contributed by atoms with van der Waals surface area (Å²) >= 11 is 0. The minimum absolute atomic E-state index is 0.127. The lowest BCUT2D eigenvalue weighted by molar-refractivity contribution is 0.512. The fourth-order valence-electron chi connectivity index (χ4n) is 2.33. The van der Waals surface area contributed by atoms with Gasteiger partial charge in [-0.25, -0.2) is 8.78 Å². The lowest BCUT2D eigenvalue weighted by Crippen LogP contribution is -2.20. The van der Waals surface area contributed by atoms with Crippen LogP contribution in [-0.2, 0) is 0 Å². The predicted octanol–water partition coefficient (Wildman–Crippen LogP) is 4.57. The maximum Gasteiger partial charge on any atom is 0.131 e. The van der Waals surface area contributed by atoms with E-state index >= 15 is 0 Å². The van der Waals surface area contributed by atoms with Crippen molar-refractivity contribution in [3.8, 4) is 0 Å². The van der Waals surface area contributed by atoms with Gasteiger partial charge < -0.3 is 5.41 Å². The molecule has 0 fully saturated rings. The third-order valence-corrected chi connectivity index (χ3v) is 3.32. The summed E-state index contributed by atoms with van der Waals surface area (Å²) in [5.74, 6) is -1.49. The molecular formula is C15H15F2N. The minimum atomic E-state index is -0.629. The molecule has 0 saturated heterocycles. The van der Waals surface area contributed by atoms with Gasteiger partial charge in [0.05, 0.1) is 5.71 Å². The molecule has 0 aliphatic heterocycles. The Morgan fingerprint density at radius 2 is 2.11 bits per heavy atom. The van der Waals surface area contributed by atoms with Crippen LogP contribution in [0.3, 0.4) is 0 Å². The Kier molecular flexibility index (Phi) is 3.41. The largest absolute Gasteiger partial charge is 0.300 e. The van der Waals surface area contributed by atoms with Gasteiger partial charge >= 0.3 is 0 Å². The number of hydrogen-bond acceptors (Lipinski definition) is 1. The highest BCUT2D eigenvalue weighted by Gasteiger charge is 2.30. The molecule has 2 rings (SSSR count). The summed E-state index contributed by atoms with van der Waals surface area (Å²) in [7, 11) is 0. The fourth-order valence-corrected chi connectivity index (χ4v) is 2.33. The summed E-state index contributed by atoms with van der Waals surface area (Å²) < 4.78 is 27.4. The van der Waals surface area contributed by atoms with Crippen molar-refractivity contribution in [2.45, 2.75) is 20.3 Å². The summed E-state index contributed by atoms with van der Waals surface area (Å²) in [6.07, 6.45) is 8.32. The molecule has 0 amide bonds. The standard InChI is InChI=1S/C15H15F2N/c1-3-10-6-4-5-9(2)15(18)14-12(10)7-11(16)8-13(14)17/h3-6,8,12,18H,7H2,1-2H3/b6-4-,9-5-,10-3?,18-15?. The number of rotatable bonds is 0. The van der Waals surface area contributed by atoms with Crippen molar-refractivity contribution in [3.05, 3.63) is 58.8 Å². The van der Waals surface area contributed by atoms with E-state index in [1.54, 1.807) is 13.0 Å². The van der Waals surface area contributed by atoms with Crippen molar-refractivity contribution in [3.63, 3.8) is 0 Å². The highest BCUT2D eigenvalue weighted by atomic mass is 19.1. The zero-order chi connectivity index (χ0) is 13.3. The SMILES string of the molecule is CC=C1/C=C\C=C(\C)C(=N)C2=C(F)C=C(F)CC12. The van der Waals surface area contributed by atoms with E-state index in [1.807, 2.05) is 25.2 Å². The van der Waals surface area contributed by atoms with Gasteiger partial charge in [0.2, 0.25) is 0 Å². The maximum absolute atomic E-state index is 14.0. The molecule has 3 heteroatoms. The summed E-state index contributed by atoms with van der Waals surface area (Å²) in [5, 5.41) is 8.04. The predicted molar refractivity (Wildman–Crippen MR) is 69.8 cm³/mol. The van der Waals surface area contributed by atoms with Gasteiger partial charge in [-0.1, -0.05) is 24.3 Å². The van der Waals surface area contributed by atoms with E-state index in [4.69, 9.17) is 5.41 Å². The Labute approximate surface area is 105 Å². The van der Waals surface area contributed by atoms with Gasteiger partial charge in [-0.05, 0) is 25.0 Å². The summed E-state index contributed by atoms with van der Waals surface area (Å²) in [6, 6.07) is 0. The monoisotopic (exact) mass is 247 g/mol. The fraction of sp³-hybridized carbons (Fsp3) is 0.267. The number of halogens is 2. The van der Waals surface area contributed by atoms with Crippen molar-refractivity contribution in [1.29, 1.82) is 5.41 Å². The van der Waals surface area contributed by atoms with E-state index in [9.17, 15) is 8.78 Å². The van der Waals surface area contributed by atoms with E-state index < -0.39 is 17.6 Å². The average molecular weight is 247 g/mol. The molecular weight excluding hydrogens is 232 g/mol. The van der Waals surface area contributed by atoms with E-state index in [2.05, 4.69) is 0 Å². The third-order valence-electron chi connectivity index (χ3n) is 3.32. The average Bonchev–Trinajstić information content (AvgIpc) is 2.31. The lowest BCUT2D eigenvalue weighted by Gasteiger charge is -2.26. The van der Waals surface area contributed by atoms with Crippen LogP contribution >= 0.6 is 0 Å². The van der Waals surface area contributed by atoms with E-state index in [1.165, 1.54) is 0 Å². The van der Waals surface area contributed by atoms with Crippen molar-refractivity contribution < 1.29 is 8.78 Å². The van der Waals surface area contributed by atoms with Crippen LogP contribution < -0.4 is 0 Å². The van der Waals surface area contributed by atoms with Crippen LogP contribution in [0.5, 0.6) is 0 Å². The maximum atomic E-state index is 14.0. The van der Waals surface area contributed by atoms with Crippen LogP contribution in [0.1, 0.15) is 20.3 Å². The summed E-state index contributed by atoms with van der Waals surface area (Å²) in [4.78, 5) is 0. The Morgan fingerprint density at radius 3 is 2.78 bits per heavy atom. The van der Waals surface area contributed by atoms with Gasteiger partial charge in [-0.15, -0.1) is 0 Å². The van der Waals surface area contributed by atoms with Crippen molar-refractivity contribution >= 4 is 5.71 Å². The molecule has 1 unspecified atom stereocenters. The molecule has 0 aromatic heterocycles. The molecule has 0 bridgehead atoms. The number of allylic oxidation sites excluding steroid dienone is 10. The first-order valence-corrected chi connectivity index (χ1v) is 5.90. The first-order chi connectivity index (χ1) is 8.54. The van der Waals surface area contributed by atoms with E-state index in [0.29, 0.717) is 11.1 Å². The zero-order valence-corrected chi connectivity index (χ0v) is 10.4. The molecule has 18 heavy (non-hydrogen) atoms. The number of fused-ring (bicyclic) bond motifs is 1. The van der Waals surface area contributed by atoms with Gasteiger partial charge in [-0.2, -0.15) is 0 Å². The van der Waals surface area contributed by atoms with Crippen LogP contribution in [-0.4, -0.2) is 5.71 Å². The summed E-state index contributed by atoms with van der Waals surface area (Å²) in [5.41, 5.74) is 1.98. The number of hydrogen-bond donors (Lipinski definition) is 1. The molecule has 1 N–H and O–H groups in total. The van der Waals surface area contributed by atoms with Gasteiger partial charge in [0.25, 0.3) is 0 Å². The van der Waals surface area contributed by atoms with Crippen molar-refractivity contribution in [2.75, 3.05) is 0 Å². The molecule has 0 aromatic carbocycles. The number of nitrogens with one attached hydrogen (secondary N) is 1. The second-order valence-electron chi connectivity index (χ2n) is 4.48. The first-order valence-electron chi connectivity index (χ1n) is 5.90. The molecule has 0 saturated carbocycles. The lowest BCUT2D eigenvalue weighted by atomic mass is 9.79. The highest BCUT2D eigenvalue weighted by molar-refractivity contribution is 6.11. The molecule has 2 aliphatic rings. The van der Waals surface area contributed by atoms with Crippen LogP contribution in [0, 0.1) is 11.3 Å². The van der Waals surface area contributed by atoms with Gasteiger partial charge in [0.15, 0.2) is 0 Å². The van der Waals surface area contributed by atoms with E-state index in [0.717, 1.165) is 11.6 Å². The molecule has 0 radical (unpaired) electrons. The van der Waals surface area contributed by atoms with Gasteiger partial charge in [-0.3, -0.25) is 0 Å². The van der Waals surface area contributed by atoms with E-state index in [-0.39, 0.29) is 12.1 Å². The second-order valence-corrected chi connectivity index (χ2v) is 4.48. The molecule has 1 nitrogen and oxygen atoms in total. The molecule has 0 aromatic rings. The smallest absolute Gasteiger partial charge is 0.131 e. The van der Waals surface area contributed by atoms with Crippen molar-refractivity contribution in [1.82, 2.24) is 0 Å². The Bertz CT molecular complexity index is 545. The topological polar surface area (TPSA) is 23.9 Å². The van der Waals surface area contributed by atoms with Crippen LogP contribution in [0.15, 0.2) is 58.8 Å². The minimum Gasteiger partial charge on any atom is -0.300 e. The Morgan fingerprint density at radius 1 is 1.39 bits per heavy atom. The van der Waals surface area contributed by atoms with Crippen LogP contribution in [0.2, 0.25) is 0 Å². The normalized spacial score (nSPS) is 31.2. The quantitative estimate of drug-likeness (QED) is 0.648. The Balaban J connectivity index is 2.64.